The molecule has 0 fully saturated rings. The van der Waals surface area contributed by atoms with Gasteiger partial charge in [-0.1, -0.05) is 6.07 Å². The monoisotopic (exact) mass is 236 g/mol. The molecule has 4 heteroatoms. The van der Waals surface area contributed by atoms with Crippen LogP contribution >= 0.6 is 0 Å². The molecule has 4 nitrogen and oxygen atoms in total. The quantitative estimate of drug-likeness (QED) is 0.767. The van der Waals surface area contributed by atoms with Crippen LogP contribution in [0.1, 0.15) is 25.8 Å². The number of ether oxygens (including phenoxy) is 1. The first kappa shape index (κ1) is 13.4. The minimum Gasteiger partial charge on any atom is -0.493 e. The van der Waals surface area contributed by atoms with Crippen molar-refractivity contribution in [1.82, 2.24) is 5.32 Å². The van der Waals surface area contributed by atoms with Crippen molar-refractivity contribution >= 4 is 11.6 Å². The predicted octanol–water partition coefficient (Wildman–Crippen LogP) is 1.87. The largest absolute Gasteiger partial charge is 0.493 e. The Hall–Kier alpha value is -1.71. The number of nitrogen functional groups attached to an aromatic ring is 1. The van der Waals surface area contributed by atoms with Gasteiger partial charge in [-0.2, -0.15) is 0 Å². The molecule has 0 aliphatic heterocycles. The van der Waals surface area contributed by atoms with Gasteiger partial charge in [0.05, 0.1) is 13.0 Å². The summed E-state index contributed by atoms with van der Waals surface area (Å²) >= 11 is 0. The number of amides is 1. The normalized spacial score (nSPS) is 10.4. The highest BCUT2D eigenvalue weighted by atomic mass is 16.5. The first-order valence-corrected chi connectivity index (χ1v) is 5.77. The zero-order chi connectivity index (χ0) is 12.8. The molecule has 0 aliphatic rings. The van der Waals surface area contributed by atoms with Gasteiger partial charge in [0.2, 0.25) is 5.91 Å². The van der Waals surface area contributed by atoms with Crippen molar-refractivity contribution in [2.75, 3.05) is 12.3 Å². The highest BCUT2D eigenvalue weighted by Gasteiger charge is 2.04. The summed E-state index contributed by atoms with van der Waals surface area (Å²) in [5.74, 6) is 0.700. The van der Waals surface area contributed by atoms with Gasteiger partial charge in [0.1, 0.15) is 5.75 Å². The van der Waals surface area contributed by atoms with Crippen LogP contribution in [0.4, 0.5) is 5.69 Å². The number of aryl methyl sites for hydroxylation is 1. The van der Waals surface area contributed by atoms with Crippen molar-refractivity contribution < 1.29 is 9.53 Å². The van der Waals surface area contributed by atoms with Crippen LogP contribution in [0.25, 0.3) is 0 Å². The Kier molecular flexibility index (Phi) is 4.82. The van der Waals surface area contributed by atoms with E-state index in [2.05, 4.69) is 5.32 Å². The molecule has 3 N–H and O–H groups in total. The Balaban J connectivity index is 2.36. The average Bonchev–Trinajstić information content (AvgIpc) is 2.22. The molecule has 1 aromatic carbocycles. The van der Waals surface area contributed by atoms with Gasteiger partial charge >= 0.3 is 0 Å². The molecule has 1 rings (SSSR count). The molecule has 1 amide bonds. The summed E-state index contributed by atoms with van der Waals surface area (Å²) < 4.78 is 5.45. The van der Waals surface area contributed by atoms with E-state index in [0.29, 0.717) is 24.5 Å². The molecular formula is C13H20N2O2. The van der Waals surface area contributed by atoms with E-state index in [1.54, 1.807) is 6.07 Å². The Bertz CT molecular complexity index is 389. The predicted molar refractivity (Wildman–Crippen MR) is 69.0 cm³/mol. The highest BCUT2D eigenvalue weighted by Crippen LogP contribution is 2.18. The Morgan fingerprint density at radius 3 is 2.76 bits per heavy atom. The second-order valence-electron chi connectivity index (χ2n) is 4.34. The lowest BCUT2D eigenvalue weighted by atomic mass is 10.2. The SMILES string of the molecule is Cc1ccc(OCCC(=O)NC(C)C)cc1N. The summed E-state index contributed by atoms with van der Waals surface area (Å²) in [7, 11) is 0. The Morgan fingerprint density at radius 1 is 1.47 bits per heavy atom. The number of hydrogen-bond acceptors (Lipinski definition) is 3. The summed E-state index contributed by atoms with van der Waals surface area (Å²) in [4.78, 5) is 11.3. The molecule has 0 radical (unpaired) electrons. The van der Waals surface area contributed by atoms with Gasteiger partial charge < -0.3 is 15.8 Å². The molecule has 1 aromatic rings. The molecule has 0 spiro atoms. The lowest BCUT2D eigenvalue weighted by Gasteiger charge is -2.10. The maximum Gasteiger partial charge on any atom is 0.223 e. The molecule has 0 bridgehead atoms. The minimum atomic E-state index is 0.0000774. The van der Waals surface area contributed by atoms with Crippen LogP contribution in [-0.2, 0) is 4.79 Å². The zero-order valence-corrected chi connectivity index (χ0v) is 10.6. The van der Waals surface area contributed by atoms with E-state index in [9.17, 15) is 4.79 Å². The van der Waals surface area contributed by atoms with Crippen LogP contribution in [-0.4, -0.2) is 18.6 Å². The van der Waals surface area contributed by atoms with Gasteiger partial charge in [0.15, 0.2) is 0 Å². The second kappa shape index (κ2) is 6.13. The van der Waals surface area contributed by atoms with Crippen LogP contribution in [0.5, 0.6) is 5.75 Å². The van der Waals surface area contributed by atoms with Crippen molar-refractivity contribution in [3.63, 3.8) is 0 Å². The van der Waals surface area contributed by atoms with E-state index < -0.39 is 0 Å². The van der Waals surface area contributed by atoms with Crippen LogP contribution in [0.15, 0.2) is 18.2 Å². The molecule has 17 heavy (non-hydrogen) atoms. The maximum absolute atomic E-state index is 11.3. The van der Waals surface area contributed by atoms with E-state index in [-0.39, 0.29) is 11.9 Å². The van der Waals surface area contributed by atoms with E-state index in [1.807, 2.05) is 32.9 Å². The molecule has 0 saturated carbocycles. The van der Waals surface area contributed by atoms with Gasteiger partial charge in [-0.25, -0.2) is 0 Å². The summed E-state index contributed by atoms with van der Waals surface area (Å²) in [6.45, 7) is 6.16. The lowest BCUT2D eigenvalue weighted by molar-refractivity contribution is -0.122. The van der Waals surface area contributed by atoms with Crippen molar-refractivity contribution in [2.45, 2.75) is 33.2 Å². The number of carbonyl (C=O) groups is 1. The van der Waals surface area contributed by atoms with Crippen LogP contribution in [0.3, 0.4) is 0 Å². The molecule has 0 heterocycles. The van der Waals surface area contributed by atoms with Gasteiger partial charge in [-0.05, 0) is 32.4 Å². The molecule has 94 valence electrons. The fourth-order valence-electron chi connectivity index (χ4n) is 1.36. The third kappa shape index (κ3) is 4.76. The van der Waals surface area contributed by atoms with Crippen molar-refractivity contribution in [1.29, 1.82) is 0 Å². The van der Waals surface area contributed by atoms with Gasteiger partial charge in [-0.15, -0.1) is 0 Å². The minimum absolute atomic E-state index is 0.0000774. The van der Waals surface area contributed by atoms with E-state index in [1.165, 1.54) is 0 Å². The molecule has 0 atom stereocenters. The zero-order valence-electron chi connectivity index (χ0n) is 10.6. The van der Waals surface area contributed by atoms with Crippen molar-refractivity contribution in [3.05, 3.63) is 23.8 Å². The topological polar surface area (TPSA) is 64.3 Å². The van der Waals surface area contributed by atoms with E-state index in [0.717, 1.165) is 5.56 Å². The van der Waals surface area contributed by atoms with E-state index >= 15 is 0 Å². The van der Waals surface area contributed by atoms with Gasteiger partial charge in [-0.3, -0.25) is 4.79 Å². The maximum atomic E-state index is 11.3. The third-order valence-electron chi connectivity index (χ3n) is 2.30. The second-order valence-corrected chi connectivity index (χ2v) is 4.34. The van der Waals surface area contributed by atoms with Gasteiger partial charge in [0.25, 0.3) is 0 Å². The fourth-order valence-corrected chi connectivity index (χ4v) is 1.36. The first-order chi connectivity index (χ1) is 7.99. The standard InChI is InChI=1S/C13H20N2O2/c1-9(2)15-13(16)6-7-17-11-5-4-10(3)12(14)8-11/h4-5,8-9H,6-7,14H2,1-3H3,(H,15,16). The van der Waals surface area contributed by atoms with Crippen molar-refractivity contribution in [3.8, 4) is 5.75 Å². The number of hydrogen-bond donors (Lipinski definition) is 2. The third-order valence-corrected chi connectivity index (χ3v) is 2.30. The van der Waals surface area contributed by atoms with Gasteiger partial charge in [0, 0.05) is 17.8 Å². The number of nitrogens with two attached hydrogens (primary N) is 1. The number of benzene rings is 1. The number of nitrogens with one attached hydrogen (secondary N) is 1. The molecule has 0 unspecified atom stereocenters. The molecular weight excluding hydrogens is 216 g/mol. The van der Waals surface area contributed by atoms with Crippen LogP contribution < -0.4 is 15.8 Å². The first-order valence-electron chi connectivity index (χ1n) is 5.77. The van der Waals surface area contributed by atoms with Crippen LogP contribution in [0.2, 0.25) is 0 Å². The van der Waals surface area contributed by atoms with Crippen LogP contribution in [0, 0.1) is 6.92 Å². The fraction of sp³-hybridized carbons (Fsp3) is 0.462. The summed E-state index contributed by atoms with van der Waals surface area (Å²) in [6.07, 6.45) is 0.353. The average molecular weight is 236 g/mol. The Morgan fingerprint density at radius 2 is 2.18 bits per heavy atom. The summed E-state index contributed by atoms with van der Waals surface area (Å²) in [5, 5.41) is 2.81. The van der Waals surface area contributed by atoms with E-state index in [4.69, 9.17) is 10.5 Å². The molecule has 0 saturated heterocycles. The molecule has 0 aromatic heterocycles. The van der Waals surface area contributed by atoms with Crippen molar-refractivity contribution in [2.24, 2.45) is 0 Å². The Labute approximate surface area is 102 Å². The number of rotatable bonds is 5. The smallest absolute Gasteiger partial charge is 0.223 e. The summed E-state index contributed by atoms with van der Waals surface area (Å²) in [5.41, 5.74) is 7.48. The molecule has 0 aliphatic carbocycles. The lowest BCUT2D eigenvalue weighted by Crippen LogP contribution is -2.31. The number of anilines is 1. The highest BCUT2D eigenvalue weighted by molar-refractivity contribution is 5.76. The summed E-state index contributed by atoms with van der Waals surface area (Å²) in [6, 6.07) is 5.69. The number of carbonyl (C=O) groups excluding carboxylic acids is 1.